The summed E-state index contributed by atoms with van der Waals surface area (Å²) < 4.78 is 0. The van der Waals surface area contributed by atoms with Gasteiger partial charge in [0.05, 0.1) is 5.54 Å². The van der Waals surface area contributed by atoms with Crippen molar-refractivity contribution in [1.29, 1.82) is 0 Å². The summed E-state index contributed by atoms with van der Waals surface area (Å²) in [5.41, 5.74) is 6.44. The summed E-state index contributed by atoms with van der Waals surface area (Å²) in [4.78, 5) is 27.8. The molecule has 1 amide bonds. The molecule has 0 saturated carbocycles. The van der Waals surface area contributed by atoms with E-state index in [-0.39, 0.29) is 17.5 Å². The van der Waals surface area contributed by atoms with Gasteiger partial charge in [-0.15, -0.1) is 0 Å². The molecule has 180 valence electrons. The Kier molecular flexibility index (Phi) is 9.64. The molecule has 32 heavy (non-hydrogen) atoms. The van der Waals surface area contributed by atoms with Crippen LogP contribution in [0.15, 0.2) is 0 Å². The lowest BCUT2D eigenvalue weighted by Crippen LogP contribution is -2.70. The first-order chi connectivity index (χ1) is 15.1. The van der Waals surface area contributed by atoms with E-state index < -0.39 is 5.54 Å². The number of carbonyl (C=O) groups is 1. The first-order valence-corrected chi connectivity index (χ1v) is 11.9. The average molecular weight is 447 g/mol. The van der Waals surface area contributed by atoms with Gasteiger partial charge in [0.15, 0.2) is 0 Å². The van der Waals surface area contributed by atoms with Crippen molar-refractivity contribution in [1.82, 2.24) is 30.9 Å². The van der Waals surface area contributed by atoms with Gasteiger partial charge in [0.1, 0.15) is 0 Å². The lowest BCUT2D eigenvalue weighted by atomic mass is 9.89. The van der Waals surface area contributed by atoms with Gasteiger partial charge in [0.25, 0.3) is 0 Å². The molecule has 2 rings (SSSR count). The standard InChI is InChI=1S/C23H42N8O/c1-7-17(2)18(14-31-15-22(3,4)30-23(5,6)19(31)32)28-21-27-16-26-20(29-21)25-13-11-9-8-10-12-24/h17-18,24,30H,7-15H2,1-6H3,(H2,25,26,27,28,29). The van der Waals surface area contributed by atoms with Gasteiger partial charge in [0.2, 0.25) is 24.1 Å². The predicted molar refractivity (Wildman–Crippen MR) is 128 cm³/mol. The van der Waals surface area contributed by atoms with Crippen molar-refractivity contribution < 1.29 is 4.79 Å². The zero-order valence-corrected chi connectivity index (χ0v) is 20.7. The molecule has 9 nitrogen and oxygen atoms in total. The van der Waals surface area contributed by atoms with Gasteiger partial charge in [-0.3, -0.25) is 15.8 Å². The molecule has 0 spiro atoms. The normalized spacial score (nSPS) is 19.5. The highest BCUT2D eigenvalue weighted by Gasteiger charge is 2.44. The van der Waals surface area contributed by atoms with E-state index in [1.165, 1.54) is 0 Å². The van der Waals surface area contributed by atoms with Crippen LogP contribution >= 0.6 is 0 Å². The molecule has 2 unspecified atom stereocenters. The number of amides is 1. The van der Waals surface area contributed by atoms with Crippen LogP contribution in [0.2, 0.25) is 0 Å². The number of hydrogen-bond donors (Lipinski definition) is 3. The van der Waals surface area contributed by atoms with E-state index >= 15 is 0 Å². The van der Waals surface area contributed by atoms with Crippen molar-refractivity contribution in [2.45, 2.75) is 90.8 Å². The second-order valence-corrected chi connectivity index (χ2v) is 10.1. The first-order valence-electron chi connectivity index (χ1n) is 11.9. The van der Waals surface area contributed by atoms with Crippen LogP contribution in [-0.2, 0) is 4.79 Å². The molecule has 1 saturated heterocycles. The number of piperazine rings is 1. The minimum atomic E-state index is -0.597. The van der Waals surface area contributed by atoms with E-state index in [0.29, 0.717) is 37.4 Å². The summed E-state index contributed by atoms with van der Waals surface area (Å²) in [6.07, 6.45) is 7.80. The third-order valence-corrected chi connectivity index (χ3v) is 6.03. The SMILES string of the molecule is CCC(C)C(CN1CC(C)(C)NC(C)(C)C1=O)Nc1n[c]nc(NCCCCCC[NH])n1. The quantitative estimate of drug-likeness (QED) is 0.399. The monoisotopic (exact) mass is 446 g/mol. The third-order valence-electron chi connectivity index (χ3n) is 6.03. The summed E-state index contributed by atoms with van der Waals surface area (Å²) in [5.74, 6) is 1.42. The molecule has 4 N–H and O–H groups in total. The number of aromatic nitrogens is 3. The highest BCUT2D eigenvalue weighted by Crippen LogP contribution is 2.24. The molecule has 0 bridgehead atoms. The van der Waals surface area contributed by atoms with Crippen molar-refractivity contribution in [3.63, 3.8) is 0 Å². The van der Waals surface area contributed by atoms with Gasteiger partial charge in [0, 0.05) is 37.8 Å². The molecular formula is C23H42N8O. The third kappa shape index (κ3) is 7.85. The Labute approximate surface area is 193 Å². The zero-order chi connectivity index (χ0) is 23.8. The Hall–Kier alpha value is -2.00. The Morgan fingerprint density at radius 1 is 1.16 bits per heavy atom. The van der Waals surface area contributed by atoms with Crippen molar-refractivity contribution in [3.8, 4) is 0 Å². The molecule has 0 aliphatic carbocycles. The van der Waals surface area contributed by atoms with E-state index in [1.54, 1.807) is 0 Å². The molecule has 2 atom stereocenters. The Balaban J connectivity index is 2.02. The van der Waals surface area contributed by atoms with Crippen molar-refractivity contribution in [2.24, 2.45) is 5.92 Å². The van der Waals surface area contributed by atoms with Gasteiger partial charge in [-0.2, -0.15) is 15.0 Å². The smallest absolute Gasteiger partial charge is 0.242 e. The fourth-order valence-electron chi connectivity index (χ4n) is 4.30. The molecular weight excluding hydrogens is 404 g/mol. The summed E-state index contributed by atoms with van der Waals surface area (Å²) in [6, 6.07) is 0.0159. The molecule has 1 fully saturated rings. The highest BCUT2D eigenvalue weighted by molar-refractivity contribution is 5.86. The van der Waals surface area contributed by atoms with Crippen LogP contribution in [0.25, 0.3) is 0 Å². The molecule has 9 heteroatoms. The van der Waals surface area contributed by atoms with Crippen LogP contribution in [0.4, 0.5) is 11.9 Å². The van der Waals surface area contributed by atoms with Gasteiger partial charge < -0.3 is 15.5 Å². The van der Waals surface area contributed by atoms with Crippen LogP contribution in [0.1, 0.15) is 73.6 Å². The van der Waals surface area contributed by atoms with Crippen LogP contribution in [0.3, 0.4) is 0 Å². The summed E-state index contributed by atoms with van der Waals surface area (Å²) >= 11 is 0. The second-order valence-electron chi connectivity index (χ2n) is 10.1. The van der Waals surface area contributed by atoms with Crippen LogP contribution in [0.5, 0.6) is 0 Å². The Morgan fingerprint density at radius 3 is 2.53 bits per heavy atom. The highest BCUT2D eigenvalue weighted by atomic mass is 16.2. The lowest BCUT2D eigenvalue weighted by Gasteiger charge is -2.48. The molecule has 2 heterocycles. The van der Waals surface area contributed by atoms with Crippen molar-refractivity contribution in [3.05, 3.63) is 6.33 Å². The summed E-state index contributed by atoms with van der Waals surface area (Å²) in [7, 11) is 0. The molecule has 1 aliphatic heterocycles. The van der Waals surface area contributed by atoms with Gasteiger partial charge >= 0.3 is 0 Å². The van der Waals surface area contributed by atoms with E-state index in [2.05, 4.69) is 64.9 Å². The molecule has 1 aliphatic rings. The number of hydrogen-bond acceptors (Lipinski definition) is 7. The zero-order valence-electron chi connectivity index (χ0n) is 20.7. The number of anilines is 2. The van der Waals surface area contributed by atoms with Crippen LogP contribution < -0.4 is 21.7 Å². The first kappa shape index (κ1) is 26.3. The molecule has 2 radical (unpaired) electrons. The minimum Gasteiger partial charge on any atom is -0.354 e. The topological polar surface area (TPSA) is 119 Å². The van der Waals surface area contributed by atoms with E-state index in [9.17, 15) is 4.79 Å². The van der Waals surface area contributed by atoms with Gasteiger partial charge in [-0.05, 0) is 46.5 Å². The van der Waals surface area contributed by atoms with E-state index in [1.807, 2.05) is 18.7 Å². The summed E-state index contributed by atoms with van der Waals surface area (Å²) in [5, 5.41) is 10.1. The average Bonchev–Trinajstić information content (AvgIpc) is 2.72. The maximum atomic E-state index is 13.1. The Morgan fingerprint density at radius 2 is 1.84 bits per heavy atom. The fraction of sp³-hybridized carbons (Fsp3) is 0.826. The molecule has 1 aromatic rings. The van der Waals surface area contributed by atoms with E-state index in [0.717, 1.165) is 38.6 Å². The maximum Gasteiger partial charge on any atom is 0.242 e. The fourth-order valence-corrected chi connectivity index (χ4v) is 4.30. The van der Waals surface area contributed by atoms with Crippen LogP contribution in [0, 0.1) is 12.2 Å². The minimum absolute atomic E-state index is 0.0159. The second kappa shape index (κ2) is 11.7. The number of unbranched alkanes of at least 4 members (excludes halogenated alkanes) is 3. The molecule has 1 aromatic heterocycles. The predicted octanol–water partition coefficient (Wildman–Crippen LogP) is 2.74. The van der Waals surface area contributed by atoms with Crippen LogP contribution in [-0.4, -0.2) is 69.1 Å². The molecule has 0 aromatic carbocycles. The van der Waals surface area contributed by atoms with Gasteiger partial charge in [-0.1, -0.05) is 33.1 Å². The van der Waals surface area contributed by atoms with Gasteiger partial charge in [-0.25, -0.2) is 0 Å². The van der Waals surface area contributed by atoms with Crippen molar-refractivity contribution >= 4 is 17.8 Å². The summed E-state index contributed by atoms with van der Waals surface area (Å²) in [6.45, 7) is 15.0. The number of nitrogens with one attached hydrogen (secondary N) is 4. The van der Waals surface area contributed by atoms with Crippen molar-refractivity contribution in [2.75, 3.05) is 36.8 Å². The maximum absolute atomic E-state index is 13.1. The van der Waals surface area contributed by atoms with E-state index in [4.69, 9.17) is 5.73 Å². The number of nitrogens with zero attached hydrogens (tertiary/aromatic N) is 4. The number of carbonyl (C=O) groups excluding carboxylic acids is 1. The lowest BCUT2D eigenvalue weighted by molar-refractivity contribution is -0.143. The number of rotatable bonds is 13. The largest absolute Gasteiger partial charge is 0.354 e. The Bertz CT molecular complexity index is 724.